The third-order valence-electron chi connectivity index (χ3n) is 10.7. The van der Waals surface area contributed by atoms with E-state index in [0.717, 1.165) is 56.4 Å². The molecular weight excluding hydrogens is 909 g/mol. The fourth-order valence-corrected chi connectivity index (χ4v) is 7.78. The van der Waals surface area contributed by atoms with Crippen molar-refractivity contribution in [2.75, 3.05) is 0 Å². The Bertz CT molecular complexity index is 3070. The van der Waals surface area contributed by atoms with Crippen molar-refractivity contribution in [2.45, 2.75) is 0 Å². The monoisotopic (exact) mass is 946 g/mol. The summed E-state index contributed by atoms with van der Waals surface area (Å²) in [4.78, 5) is 14.3. The molecule has 0 fully saturated rings. The van der Waals surface area contributed by atoms with Crippen molar-refractivity contribution < 1.29 is 20.1 Å². The van der Waals surface area contributed by atoms with Crippen LogP contribution in [0.2, 0.25) is 0 Å². The molecular formula is C55H37IrN4-. The second-order valence-electron chi connectivity index (χ2n) is 14.3. The quantitative estimate of drug-likeness (QED) is 0.156. The van der Waals surface area contributed by atoms with Crippen LogP contribution >= 0.6 is 0 Å². The maximum atomic E-state index is 4.98. The minimum absolute atomic E-state index is 0. The SMILES string of the molecule is [Ir].[c-]1ccccc1-c1nccc2ccccc12.c1ccc(-c2cc(-c3ccc(-c4ccc(-n5c6ccccc6c6ccccc65)cc4)cc3)nc(-c3ccccc3)n2)cc1. The van der Waals surface area contributed by atoms with Gasteiger partial charge in [-0.05, 0) is 64.0 Å². The number of nitrogens with zero attached hydrogens (tertiary/aromatic N) is 4. The zero-order valence-electron chi connectivity index (χ0n) is 32.5. The Morgan fingerprint density at radius 1 is 0.400 bits per heavy atom. The largest absolute Gasteiger partial charge is 0.309 e. The van der Waals surface area contributed by atoms with E-state index in [1.165, 1.54) is 38.1 Å². The summed E-state index contributed by atoms with van der Waals surface area (Å²) in [7, 11) is 0. The molecule has 11 aromatic rings. The first-order chi connectivity index (χ1) is 29.3. The Morgan fingerprint density at radius 2 is 0.900 bits per heavy atom. The standard InChI is InChI=1S/C40H27N3.C15H10N.Ir/c1-3-11-30(12-4-1)36-27-37(42-40(41-36)32-13-5-2-6-14-32)31-21-19-28(20-22-31)29-23-25-33(26-24-29)43-38-17-9-7-15-34(38)35-16-8-10-18-39(35)43;1-2-7-13(8-3-1)15-14-9-5-4-6-12(14)10-11-16-15;/h1-27H;1-7,9-11H;/q;-1;. The molecule has 60 heavy (non-hydrogen) atoms. The predicted octanol–water partition coefficient (Wildman–Crippen LogP) is 13.9. The van der Waals surface area contributed by atoms with Gasteiger partial charge in [-0.2, -0.15) is 0 Å². The van der Waals surface area contributed by atoms with Crippen LogP contribution in [-0.2, 0) is 20.1 Å². The predicted molar refractivity (Wildman–Crippen MR) is 244 cm³/mol. The Kier molecular flexibility index (Phi) is 11.0. The molecule has 0 atom stereocenters. The second-order valence-corrected chi connectivity index (χ2v) is 14.3. The summed E-state index contributed by atoms with van der Waals surface area (Å²) in [5, 5.41) is 4.93. The molecule has 0 saturated heterocycles. The Hall–Kier alpha value is -7.30. The minimum Gasteiger partial charge on any atom is -0.309 e. The number of hydrogen-bond donors (Lipinski definition) is 0. The molecule has 287 valence electrons. The van der Waals surface area contributed by atoms with Gasteiger partial charge >= 0.3 is 0 Å². The summed E-state index contributed by atoms with van der Waals surface area (Å²) in [6.45, 7) is 0. The van der Waals surface area contributed by atoms with Gasteiger partial charge < -0.3 is 9.55 Å². The van der Waals surface area contributed by atoms with E-state index in [1.807, 2.05) is 85.1 Å². The van der Waals surface area contributed by atoms with Crippen molar-refractivity contribution in [3.05, 3.63) is 231 Å². The molecule has 5 heteroatoms. The van der Waals surface area contributed by atoms with Gasteiger partial charge in [-0.1, -0.05) is 158 Å². The molecule has 0 aliphatic heterocycles. The van der Waals surface area contributed by atoms with E-state index in [2.05, 4.69) is 155 Å². The van der Waals surface area contributed by atoms with Gasteiger partial charge in [0.2, 0.25) is 0 Å². The first kappa shape index (κ1) is 38.2. The molecule has 0 spiro atoms. The first-order valence-corrected chi connectivity index (χ1v) is 19.8. The molecule has 1 radical (unpaired) electrons. The van der Waals surface area contributed by atoms with Crippen LogP contribution in [0.25, 0.3) is 94.6 Å². The molecule has 0 aliphatic carbocycles. The summed E-state index contributed by atoms with van der Waals surface area (Å²) < 4.78 is 2.35. The molecule has 4 nitrogen and oxygen atoms in total. The Balaban J connectivity index is 0.000000228. The molecule has 0 bridgehead atoms. The van der Waals surface area contributed by atoms with Crippen molar-refractivity contribution in [2.24, 2.45) is 0 Å². The van der Waals surface area contributed by atoms with Crippen LogP contribution in [0.15, 0.2) is 225 Å². The normalized spacial score (nSPS) is 10.9. The Morgan fingerprint density at radius 3 is 1.52 bits per heavy atom. The van der Waals surface area contributed by atoms with E-state index in [4.69, 9.17) is 9.97 Å². The molecule has 8 aromatic carbocycles. The van der Waals surface area contributed by atoms with Crippen molar-refractivity contribution in [3.63, 3.8) is 0 Å². The molecule has 0 unspecified atom stereocenters. The fourth-order valence-electron chi connectivity index (χ4n) is 7.78. The Labute approximate surface area is 362 Å². The second kappa shape index (κ2) is 17.3. The molecule has 3 heterocycles. The number of hydrogen-bond acceptors (Lipinski definition) is 3. The fraction of sp³-hybridized carbons (Fsp3) is 0. The van der Waals surface area contributed by atoms with Crippen molar-refractivity contribution in [1.29, 1.82) is 0 Å². The van der Waals surface area contributed by atoms with E-state index >= 15 is 0 Å². The van der Waals surface area contributed by atoms with Crippen LogP contribution in [0.4, 0.5) is 0 Å². The van der Waals surface area contributed by atoms with Gasteiger partial charge in [0.25, 0.3) is 0 Å². The molecule has 0 aliphatic rings. The maximum Gasteiger partial charge on any atom is 0.160 e. The van der Waals surface area contributed by atoms with Crippen molar-refractivity contribution in [1.82, 2.24) is 19.5 Å². The van der Waals surface area contributed by atoms with Gasteiger partial charge in [-0.3, -0.25) is 0 Å². The molecule has 11 rings (SSSR count). The van der Waals surface area contributed by atoms with Gasteiger partial charge in [-0.25, -0.2) is 9.97 Å². The molecule has 0 amide bonds. The topological polar surface area (TPSA) is 43.6 Å². The number of aromatic nitrogens is 4. The number of para-hydroxylation sites is 2. The number of benzene rings is 8. The van der Waals surface area contributed by atoms with Gasteiger partial charge in [0.15, 0.2) is 5.82 Å². The average Bonchev–Trinajstić information content (AvgIpc) is 3.67. The summed E-state index contributed by atoms with van der Waals surface area (Å²) in [6, 6.07) is 78.7. The first-order valence-electron chi connectivity index (χ1n) is 19.8. The molecule has 0 N–H and O–H groups in total. The average molecular weight is 946 g/mol. The number of fused-ring (bicyclic) bond motifs is 4. The van der Waals surface area contributed by atoms with E-state index in [0.29, 0.717) is 0 Å². The van der Waals surface area contributed by atoms with Crippen LogP contribution in [0.1, 0.15) is 0 Å². The van der Waals surface area contributed by atoms with Gasteiger partial charge in [-0.15, -0.1) is 35.9 Å². The van der Waals surface area contributed by atoms with Crippen LogP contribution in [0.3, 0.4) is 0 Å². The van der Waals surface area contributed by atoms with Crippen LogP contribution in [0.5, 0.6) is 0 Å². The van der Waals surface area contributed by atoms with Crippen molar-refractivity contribution >= 4 is 32.6 Å². The van der Waals surface area contributed by atoms with E-state index in [1.54, 1.807) is 0 Å². The summed E-state index contributed by atoms with van der Waals surface area (Å²) in [6.07, 6.45) is 1.85. The van der Waals surface area contributed by atoms with Gasteiger partial charge in [0, 0.05) is 59.5 Å². The maximum absolute atomic E-state index is 4.98. The van der Waals surface area contributed by atoms with Crippen molar-refractivity contribution in [3.8, 4) is 62.0 Å². The third-order valence-corrected chi connectivity index (χ3v) is 10.7. The summed E-state index contributed by atoms with van der Waals surface area (Å²) in [5.74, 6) is 0.724. The summed E-state index contributed by atoms with van der Waals surface area (Å²) in [5.41, 5.74) is 12.9. The zero-order chi connectivity index (χ0) is 39.4. The van der Waals surface area contributed by atoms with Crippen LogP contribution in [0, 0.1) is 6.07 Å². The van der Waals surface area contributed by atoms with E-state index in [-0.39, 0.29) is 20.1 Å². The number of pyridine rings is 1. The zero-order valence-corrected chi connectivity index (χ0v) is 34.9. The van der Waals surface area contributed by atoms with Crippen LogP contribution in [-0.4, -0.2) is 19.5 Å². The summed E-state index contributed by atoms with van der Waals surface area (Å²) >= 11 is 0. The third kappa shape index (κ3) is 7.68. The van der Waals surface area contributed by atoms with E-state index < -0.39 is 0 Å². The van der Waals surface area contributed by atoms with E-state index in [9.17, 15) is 0 Å². The van der Waals surface area contributed by atoms with Gasteiger partial charge in [0.05, 0.1) is 22.4 Å². The van der Waals surface area contributed by atoms with Gasteiger partial charge in [0.1, 0.15) is 0 Å². The molecule has 3 aromatic heterocycles. The minimum atomic E-state index is 0. The smallest absolute Gasteiger partial charge is 0.160 e. The number of rotatable bonds is 6. The van der Waals surface area contributed by atoms with Crippen LogP contribution < -0.4 is 0 Å². The molecule has 0 saturated carbocycles.